The Kier molecular flexibility index (Phi) is 5.42. The van der Waals surface area contributed by atoms with E-state index in [0.29, 0.717) is 0 Å². The third-order valence-electron chi connectivity index (χ3n) is 3.66. The molecule has 1 fully saturated rings. The second kappa shape index (κ2) is 6.17. The molecule has 0 amide bonds. The second-order valence-electron chi connectivity index (χ2n) is 6.97. The van der Waals surface area contributed by atoms with Crippen LogP contribution in [-0.2, 0) is 0 Å². The van der Waals surface area contributed by atoms with Crippen LogP contribution < -0.4 is 5.73 Å². The molecule has 2 N–H and O–H groups in total. The zero-order valence-electron chi connectivity index (χ0n) is 12.4. The number of nitrogens with two attached hydrogens (primary N) is 1. The Morgan fingerprint density at radius 3 is 1.71 bits per heavy atom. The Morgan fingerprint density at radius 1 is 0.941 bits per heavy atom. The van der Waals surface area contributed by atoms with E-state index in [1.54, 1.807) is 0 Å². The molecule has 0 aromatic rings. The average Bonchev–Trinajstić information content (AvgIpc) is 2.18. The first-order valence-electron chi connectivity index (χ1n) is 6.99. The fourth-order valence-corrected chi connectivity index (χ4v) is 2.22. The standard InChI is InChI=1S/C14H31N3/c1-12(2)10-16-6-8-17(9-7-16)11-13(15)14(3,4)5/h12-13H,6-11,15H2,1-5H3/t13-/m0/s1. The van der Waals surface area contributed by atoms with Gasteiger partial charge < -0.3 is 10.6 Å². The van der Waals surface area contributed by atoms with Crippen molar-refractivity contribution in [2.45, 2.75) is 40.7 Å². The topological polar surface area (TPSA) is 32.5 Å². The maximum atomic E-state index is 6.24. The summed E-state index contributed by atoms with van der Waals surface area (Å²) in [5, 5.41) is 0. The molecule has 0 radical (unpaired) electrons. The Labute approximate surface area is 107 Å². The Balaban J connectivity index is 2.28. The highest BCUT2D eigenvalue weighted by molar-refractivity contribution is 4.82. The number of hydrogen-bond donors (Lipinski definition) is 1. The zero-order chi connectivity index (χ0) is 13.1. The molecule has 102 valence electrons. The Hall–Kier alpha value is -0.120. The highest BCUT2D eigenvalue weighted by Gasteiger charge is 2.25. The van der Waals surface area contributed by atoms with Gasteiger partial charge in [0.05, 0.1) is 0 Å². The van der Waals surface area contributed by atoms with E-state index in [4.69, 9.17) is 5.73 Å². The smallest absolute Gasteiger partial charge is 0.0217 e. The predicted molar refractivity (Wildman–Crippen MR) is 75.1 cm³/mol. The van der Waals surface area contributed by atoms with Gasteiger partial charge in [0.15, 0.2) is 0 Å². The van der Waals surface area contributed by atoms with E-state index in [1.807, 2.05) is 0 Å². The summed E-state index contributed by atoms with van der Waals surface area (Å²) in [5.74, 6) is 0.776. The Morgan fingerprint density at radius 2 is 1.35 bits per heavy atom. The molecule has 0 unspecified atom stereocenters. The van der Waals surface area contributed by atoms with Crippen LogP contribution in [0.2, 0.25) is 0 Å². The lowest BCUT2D eigenvalue weighted by Gasteiger charge is -2.39. The summed E-state index contributed by atoms with van der Waals surface area (Å²) in [4.78, 5) is 5.09. The van der Waals surface area contributed by atoms with Crippen molar-refractivity contribution < 1.29 is 0 Å². The maximum Gasteiger partial charge on any atom is 0.0217 e. The van der Waals surface area contributed by atoms with Gasteiger partial charge in [0.2, 0.25) is 0 Å². The first-order chi connectivity index (χ1) is 7.79. The monoisotopic (exact) mass is 241 g/mol. The predicted octanol–water partition coefficient (Wildman–Crippen LogP) is 1.63. The lowest BCUT2D eigenvalue weighted by atomic mass is 9.87. The normalized spacial score (nSPS) is 22.1. The largest absolute Gasteiger partial charge is 0.326 e. The number of piperazine rings is 1. The van der Waals surface area contributed by atoms with Gasteiger partial charge in [0.25, 0.3) is 0 Å². The van der Waals surface area contributed by atoms with Crippen LogP contribution in [0, 0.1) is 11.3 Å². The quantitative estimate of drug-likeness (QED) is 0.812. The molecule has 1 aliphatic rings. The summed E-state index contributed by atoms with van der Waals surface area (Å²) in [6.07, 6.45) is 0. The molecule has 0 spiro atoms. The van der Waals surface area contributed by atoms with Crippen molar-refractivity contribution >= 4 is 0 Å². The van der Waals surface area contributed by atoms with E-state index < -0.39 is 0 Å². The molecule has 1 saturated heterocycles. The fourth-order valence-electron chi connectivity index (χ4n) is 2.22. The molecular formula is C14H31N3. The molecule has 1 aliphatic heterocycles. The van der Waals surface area contributed by atoms with Crippen molar-refractivity contribution in [3.05, 3.63) is 0 Å². The van der Waals surface area contributed by atoms with Crippen LogP contribution in [0.4, 0.5) is 0 Å². The van der Waals surface area contributed by atoms with E-state index in [1.165, 1.54) is 32.7 Å². The van der Waals surface area contributed by atoms with Crippen molar-refractivity contribution in [1.29, 1.82) is 0 Å². The second-order valence-corrected chi connectivity index (χ2v) is 6.97. The van der Waals surface area contributed by atoms with Crippen LogP contribution in [0.3, 0.4) is 0 Å². The SMILES string of the molecule is CC(C)CN1CCN(C[C@H](N)C(C)(C)C)CC1. The number of rotatable bonds is 4. The van der Waals surface area contributed by atoms with Gasteiger partial charge in [-0.3, -0.25) is 4.90 Å². The van der Waals surface area contributed by atoms with Gasteiger partial charge in [-0.05, 0) is 11.3 Å². The molecule has 17 heavy (non-hydrogen) atoms. The minimum absolute atomic E-state index is 0.217. The van der Waals surface area contributed by atoms with Crippen molar-refractivity contribution in [3.8, 4) is 0 Å². The molecule has 0 aliphatic carbocycles. The Bertz CT molecular complexity index is 212. The van der Waals surface area contributed by atoms with Crippen molar-refractivity contribution in [3.63, 3.8) is 0 Å². The molecule has 0 bridgehead atoms. The van der Waals surface area contributed by atoms with Gasteiger partial charge >= 0.3 is 0 Å². The van der Waals surface area contributed by atoms with Gasteiger partial charge in [0, 0.05) is 45.3 Å². The summed E-state index contributed by atoms with van der Waals surface area (Å²) < 4.78 is 0. The molecule has 1 heterocycles. The zero-order valence-corrected chi connectivity index (χ0v) is 12.4. The molecule has 1 rings (SSSR count). The van der Waals surface area contributed by atoms with E-state index in [0.717, 1.165) is 12.5 Å². The first kappa shape index (κ1) is 14.9. The molecule has 3 heteroatoms. The lowest BCUT2D eigenvalue weighted by Crippen LogP contribution is -2.52. The van der Waals surface area contributed by atoms with Crippen molar-refractivity contribution in [2.75, 3.05) is 39.3 Å². The third-order valence-corrected chi connectivity index (χ3v) is 3.66. The van der Waals surface area contributed by atoms with Crippen LogP contribution in [-0.4, -0.2) is 55.1 Å². The van der Waals surface area contributed by atoms with E-state index >= 15 is 0 Å². The molecule has 3 nitrogen and oxygen atoms in total. The van der Waals surface area contributed by atoms with Crippen molar-refractivity contribution in [1.82, 2.24) is 9.80 Å². The van der Waals surface area contributed by atoms with Crippen molar-refractivity contribution in [2.24, 2.45) is 17.1 Å². The fraction of sp³-hybridized carbons (Fsp3) is 1.00. The van der Waals surface area contributed by atoms with E-state index in [9.17, 15) is 0 Å². The minimum atomic E-state index is 0.217. The van der Waals surface area contributed by atoms with Gasteiger partial charge in [0.1, 0.15) is 0 Å². The highest BCUT2D eigenvalue weighted by atomic mass is 15.3. The molecule has 1 atom stereocenters. The highest BCUT2D eigenvalue weighted by Crippen LogP contribution is 2.18. The summed E-state index contributed by atoms with van der Waals surface area (Å²) >= 11 is 0. The van der Waals surface area contributed by atoms with Gasteiger partial charge in [-0.25, -0.2) is 0 Å². The van der Waals surface area contributed by atoms with Gasteiger partial charge in [-0.2, -0.15) is 0 Å². The number of hydrogen-bond acceptors (Lipinski definition) is 3. The lowest BCUT2D eigenvalue weighted by molar-refractivity contribution is 0.104. The summed E-state index contributed by atoms with van der Waals surface area (Å²) in [6, 6.07) is 0.277. The van der Waals surface area contributed by atoms with Crippen LogP contribution in [0.25, 0.3) is 0 Å². The molecular weight excluding hydrogens is 210 g/mol. The average molecular weight is 241 g/mol. The van der Waals surface area contributed by atoms with E-state index in [-0.39, 0.29) is 11.5 Å². The van der Waals surface area contributed by atoms with Crippen LogP contribution in [0.15, 0.2) is 0 Å². The summed E-state index contributed by atoms with van der Waals surface area (Å²) in [6.45, 7) is 18.3. The third kappa shape index (κ3) is 5.36. The maximum absolute atomic E-state index is 6.24. The van der Waals surface area contributed by atoms with Gasteiger partial charge in [-0.15, -0.1) is 0 Å². The van der Waals surface area contributed by atoms with Gasteiger partial charge in [-0.1, -0.05) is 34.6 Å². The minimum Gasteiger partial charge on any atom is -0.326 e. The first-order valence-corrected chi connectivity index (χ1v) is 6.99. The molecule has 0 aromatic carbocycles. The molecule has 0 saturated carbocycles. The summed E-state index contributed by atoms with van der Waals surface area (Å²) in [5.41, 5.74) is 6.46. The van der Waals surface area contributed by atoms with Crippen LogP contribution >= 0.6 is 0 Å². The number of nitrogens with zero attached hydrogens (tertiary/aromatic N) is 2. The summed E-state index contributed by atoms with van der Waals surface area (Å²) in [7, 11) is 0. The van der Waals surface area contributed by atoms with Crippen LogP contribution in [0.5, 0.6) is 0 Å². The van der Waals surface area contributed by atoms with Crippen LogP contribution in [0.1, 0.15) is 34.6 Å². The molecule has 0 aromatic heterocycles. The van der Waals surface area contributed by atoms with E-state index in [2.05, 4.69) is 44.4 Å².